The molecule has 5 saturated carbocycles. The number of aromatic nitrogens is 1. The highest BCUT2D eigenvalue weighted by Gasteiger charge is 2.63. The first-order valence-corrected chi connectivity index (χ1v) is 25.1. The van der Waals surface area contributed by atoms with E-state index in [2.05, 4.69) is 27.3 Å². The first-order valence-electron chi connectivity index (χ1n) is 23.6. The van der Waals surface area contributed by atoms with Crippen LogP contribution in [0.1, 0.15) is 122 Å². The van der Waals surface area contributed by atoms with Gasteiger partial charge in [0.15, 0.2) is 0 Å². The van der Waals surface area contributed by atoms with Crippen molar-refractivity contribution in [2.45, 2.75) is 163 Å². The summed E-state index contributed by atoms with van der Waals surface area (Å²) < 4.78 is 47.1. The number of nitrogens with one attached hydrogen (secondary N) is 4. The molecule has 63 heavy (non-hydrogen) atoms. The van der Waals surface area contributed by atoms with Gasteiger partial charge in [-0.2, -0.15) is 0 Å². The number of hydrogen-bond donors (Lipinski definition) is 4. The van der Waals surface area contributed by atoms with Crippen molar-refractivity contribution in [1.82, 2.24) is 30.6 Å². The zero-order chi connectivity index (χ0) is 43.9. The predicted octanol–water partition coefficient (Wildman–Crippen LogP) is 5.34. The quantitative estimate of drug-likeness (QED) is 0.150. The lowest BCUT2D eigenvalue weighted by molar-refractivity contribution is -0.142. The van der Waals surface area contributed by atoms with Gasteiger partial charge in [-0.05, 0) is 114 Å². The van der Waals surface area contributed by atoms with Crippen LogP contribution in [-0.2, 0) is 35.6 Å². The molecule has 1 aromatic heterocycles. The second kappa shape index (κ2) is 17.9. The van der Waals surface area contributed by atoms with Gasteiger partial charge in [0.2, 0.25) is 27.7 Å². The zero-order valence-corrected chi connectivity index (χ0v) is 37.4. The summed E-state index contributed by atoms with van der Waals surface area (Å²) in [6, 6.07) is 6.39. The molecule has 2 unspecified atom stereocenters. The summed E-state index contributed by atoms with van der Waals surface area (Å²) in [5.41, 5.74) is -0.00334. The topological polar surface area (TPSA) is 194 Å². The average molecular weight is 889 g/mol. The Morgan fingerprint density at radius 3 is 2.48 bits per heavy atom. The molecule has 9 rings (SSSR count). The van der Waals surface area contributed by atoms with Crippen LogP contribution in [0.15, 0.2) is 36.9 Å². The molecule has 0 spiro atoms. The number of fused-ring (bicyclic) bond motifs is 5. The van der Waals surface area contributed by atoms with E-state index in [0.717, 1.165) is 93.9 Å². The lowest BCUT2D eigenvalue weighted by Crippen LogP contribution is -2.59. The molecule has 2 aliphatic heterocycles. The van der Waals surface area contributed by atoms with Gasteiger partial charge >= 0.3 is 6.09 Å². The van der Waals surface area contributed by atoms with Gasteiger partial charge < -0.3 is 35.1 Å². The molecule has 2 bridgehead atoms. The Morgan fingerprint density at radius 2 is 1.75 bits per heavy atom. The van der Waals surface area contributed by atoms with Crippen LogP contribution in [-0.4, -0.2) is 102 Å². The molecular weight excluding hydrogens is 825 g/mol. The van der Waals surface area contributed by atoms with Crippen molar-refractivity contribution in [3.63, 3.8) is 0 Å². The summed E-state index contributed by atoms with van der Waals surface area (Å²) >= 11 is 0. The van der Waals surface area contributed by atoms with Crippen molar-refractivity contribution in [2.24, 2.45) is 17.8 Å². The van der Waals surface area contributed by atoms with Crippen LogP contribution >= 0.6 is 0 Å². The second-order valence-corrected chi connectivity index (χ2v) is 21.8. The van der Waals surface area contributed by atoms with Crippen LogP contribution in [0.3, 0.4) is 0 Å². The smallest absolute Gasteiger partial charge is 0.408 e. The Hall–Kier alpha value is -4.44. The highest BCUT2D eigenvalue weighted by Crippen LogP contribution is 2.47. The molecule has 7 aliphatic rings. The van der Waals surface area contributed by atoms with Gasteiger partial charge in [-0.15, -0.1) is 6.58 Å². The fourth-order valence-corrected chi connectivity index (χ4v) is 11.4. The largest absolute Gasteiger partial charge is 0.492 e. The number of pyridine rings is 1. The highest BCUT2D eigenvalue weighted by molar-refractivity contribution is 7.91. The van der Waals surface area contributed by atoms with Gasteiger partial charge in [0.25, 0.3) is 5.91 Å². The van der Waals surface area contributed by atoms with E-state index in [0.29, 0.717) is 43.3 Å². The molecule has 342 valence electrons. The monoisotopic (exact) mass is 888 g/mol. The molecule has 4 amide bonds. The number of carbonyl (C=O) groups excluding carboxylic acids is 4. The van der Waals surface area contributed by atoms with Crippen LogP contribution in [0.25, 0.3) is 10.9 Å². The minimum Gasteiger partial charge on any atom is -0.492 e. The molecular formula is C47H64N6O9S. The lowest BCUT2D eigenvalue weighted by Gasteiger charge is -2.34. The number of hydrogen-bond acceptors (Lipinski definition) is 11. The third kappa shape index (κ3) is 9.53. The second-order valence-electron chi connectivity index (χ2n) is 19.6. The number of ether oxygens (including phenoxy) is 3. The molecule has 0 radical (unpaired) electrons. The summed E-state index contributed by atoms with van der Waals surface area (Å²) in [5.74, 6) is -1.15. The number of rotatable bonds is 13. The summed E-state index contributed by atoms with van der Waals surface area (Å²) in [4.78, 5) is 63.8. The molecule has 16 heteroatoms. The Morgan fingerprint density at radius 1 is 1.00 bits per heavy atom. The van der Waals surface area contributed by atoms with Crippen LogP contribution in [0.2, 0.25) is 0 Å². The van der Waals surface area contributed by atoms with E-state index in [9.17, 15) is 22.8 Å². The van der Waals surface area contributed by atoms with Crippen molar-refractivity contribution >= 4 is 44.7 Å². The fraction of sp³-hybridized carbons (Fsp3) is 0.681. The molecule has 2 aromatic rings. The highest BCUT2D eigenvalue weighted by atomic mass is 32.2. The number of para-hydroxylation sites is 1. The Balaban J connectivity index is 1.04. The van der Waals surface area contributed by atoms with Crippen LogP contribution in [0, 0.1) is 17.8 Å². The summed E-state index contributed by atoms with van der Waals surface area (Å²) in [6.45, 7) is 6.83. The number of amides is 4. The van der Waals surface area contributed by atoms with Crippen molar-refractivity contribution < 1.29 is 41.8 Å². The first kappa shape index (κ1) is 43.8. The van der Waals surface area contributed by atoms with E-state index in [1.54, 1.807) is 13.0 Å². The van der Waals surface area contributed by atoms with Gasteiger partial charge in [-0.3, -0.25) is 19.1 Å². The molecule has 1 saturated heterocycles. The van der Waals surface area contributed by atoms with E-state index < -0.39 is 68.2 Å². The maximum Gasteiger partial charge on any atom is 0.408 e. The van der Waals surface area contributed by atoms with Crippen LogP contribution in [0.5, 0.6) is 11.6 Å². The van der Waals surface area contributed by atoms with Gasteiger partial charge in [0.05, 0.1) is 29.0 Å². The molecule has 4 N–H and O–H groups in total. The fourth-order valence-electron chi connectivity index (χ4n) is 10.1. The number of sulfonamides is 1. The van der Waals surface area contributed by atoms with Crippen molar-refractivity contribution in [3.05, 3.63) is 42.5 Å². The molecule has 6 fully saturated rings. The summed E-state index contributed by atoms with van der Waals surface area (Å²) in [6.07, 6.45) is 13.8. The summed E-state index contributed by atoms with van der Waals surface area (Å²) in [7, 11) is -4.00. The van der Waals surface area contributed by atoms with E-state index in [4.69, 9.17) is 19.2 Å². The predicted molar refractivity (Wildman–Crippen MR) is 235 cm³/mol. The van der Waals surface area contributed by atoms with Crippen molar-refractivity contribution in [2.75, 3.05) is 19.7 Å². The molecule has 15 nitrogen and oxygen atoms in total. The third-order valence-corrected chi connectivity index (χ3v) is 16.9. The van der Waals surface area contributed by atoms with E-state index in [1.807, 2.05) is 24.3 Å². The maximum absolute atomic E-state index is 15.1. The van der Waals surface area contributed by atoms with Gasteiger partial charge in [-0.25, -0.2) is 18.2 Å². The first-order chi connectivity index (χ1) is 30.4. The third-order valence-electron chi connectivity index (χ3n) is 14.8. The molecule has 1 aromatic carbocycles. The molecule has 7 atom stereocenters. The van der Waals surface area contributed by atoms with E-state index >= 15 is 4.79 Å². The zero-order valence-electron chi connectivity index (χ0n) is 36.5. The van der Waals surface area contributed by atoms with E-state index in [1.165, 1.54) is 17.7 Å². The standard InChI is InChI=1S/C47H64N6O9S/c1-3-31-27-47(31,44(56)52-63(58,59)46(2)21-22-46)51-41(54)37-26-33-28-53(37)43(55)39(29-13-6-4-7-14-29)50-45(57)62-38-25-30(38)15-8-5-9-17-35-40(60-24-12-23-48-32-19-20-32)34-16-10-11-18-36(34)49-42(35)61-33/h3,10-11,16,18,29-33,37-39,48H,1,4-9,12-15,17,19-28H2,2H3,(H,50,57)(H,51,54)(H,52,56)/t30-,31?,33-,37+,38-,39+,47?/m1/s1. The lowest BCUT2D eigenvalue weighted by atomic mass is 9.83. The van der Waals surface area contributed by atoms with Crippen LogP contribution in [0.4, 0.5) is 4.79 Å². The average Bonchev–Trinajstić information content (AvgIpc) is 4.11. The maximum atomic E-state index is 15.1. The minimum absolute atomic E-state index is 0.00928. The number of nitrogens with zero attached hydrogens (tertiary/aromatic N) is 2. The van der Waals surface area contributed by atoms with E-state index in [-0.39, 0.29) is 37.3 Å². The van der Waals surface area contributed by atoms with Crippen LogP contribution < -0.4 is 30.1 Å². The Kier molecular flexibility index (Phi) is 12.4. The number of alkyl carbamates (subject to hydrolysis) is 1. The Labute approximate surface area is 370 Å². The van der Waals surface area contributed by atoms with Crippen molar-refractivity contribution in [3.8, 4) is 11.6 Å². The minimum atomic E-state index is -4.00. The Bertz CT molecular complexity index is 2210. The van der Waals surface area contributed by atoms with Gasteiger partial charge in [0, 0.05) is 23.8 Å². The van der Waals surface area contributed by atoms with Crippen molar-refractivity contribution in [1.29, 1.82) is 0 Å². The normalized spacial score (nSPS) is 30.8. The molecule has 5 aliphatic carbocycles. The van der Waals surface area contributed by atoms with Gasteiger partial charge in [-0.1, -0.05) is 50.3 Å². The van der Waals surface area contributed by atoms with Gasteiger partial charge in [0.1, 0.15) is 35.6 Å². The molecule has 3 heterocycles. The summed E-state index contributed by atoms with van der Waals surface area (Å²) in [5, 5.41) is 10.3. The number of carbonyl (C=O) groups is 4. The number of benzene rings is 1. The SMILES string of the molecule is C=CC1CC1(NC(=O)[C@@H]1C[C@@H]2CN1C(=O)[C@H](C1CCCCC1)NC(=O)O[C@@H]1C[C@H]1CCCCCc1c(nc3ccccc3c1OCCCNC1CC1)O2)C(=O)NS(=O)(=O)C1(C)CC1.